The van der Waals surface area contributed by atoms with Crippen molar-refractivity contribution in [2.75, 3.05) is 5.73 Å². The van der Waals surface area contributed by atoms with Crippen molar-refractivity contribution in [1.82, 2.24) is 0 Å². The normalized spacial score (nSPS) is 10.2. The van der Waals surface area contributed by atoms with Gasteiger partial charge >= 0.3 is 5.97 Å². The second kappa shape index (κ2) is 5.44. The highest BCUT2D eigenvalue weighted by molar-refractivity contribution is 5.92. The number of hydrogen-bond acceptors (Lipinski definition) is 3. The Balaban J connectivity index is 2.20. The van der Waals surface area contributed by atoms with E-state index in [1.165, 1.54) is 6.07 Å². The van der Waals surface area contributed by atoms with Gasteiger partial charge in [-0.05, 0) is 36.2 Å². The molecule has 0 bridgehead atoms. The standard InChI is InChI=1S/C15H15NO3/c1-10-4-2-3-5-11(10)9-19-14-7-6-12(16)8-13(14)15(17)18/h2-8H,9,16H2,1H3,(H,17,18). The van der Waals surface area contributed by atoms with Crippen LogP contribution in [-0.2, 0) is 6.61 Å². The predicted molar refractivity (Wildman–Crippen MR) is 73.3 cm³/mol. The Hall–Kier alpha value is -2.49. The van der Waals surface area contributed by atoms with Gasteiger partial charge in [0.1, 0.15) is 17.9 Å². The van der Waals surface area contributed by atoms with Gasteiger partial charge in [0.2, 0.25) is 0 Å². The SMILES string of the molecule is Cc1ccccc1COc1ccc(N)cc1C(=O)O. The molecule has 0 saturated heterocycles. The molecule has 0 saturated carbocycles. The van der Waals surface area contributed by atoms with E-state index < -0.39 is 5.97 Å². The summed E-state index contributed by atoms with van der Waals surface area (Å²) in [6.07, 6.45) is 0. The molecule has 0 radical (unpaired) electrons. The molecule has 0 aliphatic heterocycles. The molecule has 0 aliphatic carbocycles. The maximum Gasteiger partial charge on any atom is 0.339 e. The molecule has 0 unspecified atom stereocenters. The number of rotatable bonds is 4. The largest absolute Gasteiger partial charge is 0.488 e. The molecule has 4 nitrogen and oxygen atoms in total. The van der Waals surface area contributed by atoms with Gasteiger partial charge < -0.3 is 15.6 Å². The molecule has 19 heavy (non-hydrogen) atoms. The molecule has 2 aromatic rings. The summed E-state index contributed by atoms with van der Waals surface area (Å²) in [5.74, 6) is -0.725. The molecule has 0 aromatic heterocycles. The van der Waals surface area contributed by atoms with Crippen LogP contribution in [0.4, 0.5) is 5.69 Å². The van der Waals surface area contributed by atoms with Gasteiger partial charge in [-0.2, -0.15) is 0 Å². The van der Waals surface area contributed by atoms with Crippen LogP contribution in [0, 0.1) is 6.92 Å². The zero-order valence-corrected chi connectivity index (χ0v) is 10.6. The van der Waals surface area contributed by atoms with E-state index in [9.17, 15) is 4.79 Å². The molecule has 3 N–H and O–H groups in total. The molecule has 98 valence electrons. The molecule has 0 fully saturated rings. The monoisotopic (exact) mass is 257 g/mol. The summed E-state index contributed by atoms with van der Waals surface area (Å²) in [6, 6.07) is 12.4. The van der Waals surface area contributed by atoms with E-state index in [4.69, 9.17) is 15.6 Å². The molecule has 4 heteroatoms. The van der Waals surface area contributed by atoms with Crippen LogP contribution in [0.1, 0.15) is 21.5 Å². The Kier molecular flexibility index (Phi) is 3.71. The van der Waals surface area contributed by atoms with Gasteiger partial charge in [0.25, 0.3) is 0 Å². The fraction of sp³-hybridized carbons (Fsp3) is 0.133. The number of nitrogens with two attached hydrogens (primary N) is 1. The zero-order valence-electron chi connectivity index (χ0n) is 10.6. The molecular formula is C15H15NO3. The number of nitrogen functional groups attached to an aromatic ring is 1. The number of carboxylic acid groups (broad SMARTS) is 1. The van der Waals surface area contributed by atoms with Crippen molar-refractivity contribution >= 4 is 11.7 Å². The first-order valence-corrected chi connectivity index (χ1v) is 5.88. The number of hydrogen-bond donors (Lipinski definition) is 2. The van der Waals surface area contributed by atoms with E-state index in [2.05, 4.69) is 0 Å². The van der Waals surface area contributed by atoms with Gasteiger partial charge in [-0.1, -0.05) is 24.3 Å². The first-order chi connectivity index (χ1) is 9.08. The van der Waals surface area contributed by atoms with Crippen molar-refractivity contribution < 1.29 is 14.6 Å². The number of aromatic carboxylic acids is 1. The van der Waals surface area contributed by atoms with Crippen LogP contribution in [-0.4, -0.2) is 11.1 Å². The Bertz CT molecular complexity index is 608. The summed E-state index contributed by atoms with van der Waals surface area (Å²) in [5, 5.41) is 9.11. The molecule has 0 amide bonds. The van der Waals surface area contributed by atoms with Crippen LogP contribution >= 0.6 is 0 Å². The number of anilines is 1. The fourth-order valence-corrected chi connectivity index (χ4v) is 1.77. The number of carboxylic acids is 1. The average Bonchev–Trinajstić information content (AvgIpc) is 2.38. The lowest BCUT2D eigenvalue weighted by Crippen LogP contribution is -2.05. The van der Waals surface area contributed by atoms with E-state index in [1.807, 2.05) is 31.2 Å². The van der Waals surface area contributed by atoms with Gasteiger partial charge in [0, 0.05) is 5.69 Å². The summed E-state index contributed by atoms with van der Waals surface area (Å²) in [6.45, 7) is 2.32. The molecule has 0 atom stereocenters. The van der Waals surface area contributed by atoms with Crippen LogP contribution in [0.3, 0.4) is 0 Å². The second-order valence-electron chi connectivity index (χ2n) is 4.28. The van der Waals surface area contributed by atoms with Crippen molar-refractivity contribution in [2.45, 2.75) is 13.5 Å². The summed E-state index contributed by atoms with van der Waals surface area (Å²) >= 11 is 0. The molecule has 0 spiro atoms. The third-order valence-electron chi connectivity index (χ3n) is 2.88. The third-order valence-corrected chi connectivity index (χ3v) is 2.88. The summed E-state index contributed by atoms with van der Waals surface area (Å²) in [4.78, 5) is 11.1. The van der Waals surface area contributed by atoms with Gasteiger partial charge in [0.15, 0.2) is 0 Å². The Morgan fingerprint density at radius 2 is 2.00 bits per heavy atom. The lowest BCUT2D eigenvalue weighted by atomic mass is 10.1. The Labute approximate surface area is 111 Å². The van der Waals surface area contributed by atoms with Crippen LogP contribution in [0.15, 0.2) is 42.5 Å². The van der Waals surface area contributed by atoms with E-state index in [-0.39, 0.29) is 5.56 Å². The van der Waals surface area contributed by atoms with E-state index in [0.717, 1.165) is 11.1 Å². The minimum atomic E-state index is -1.05. The molecule has 0 aliphatic rings. The van der Waals surface area contributed by atoms with Crippen LogP contribution in [0.2, 0.25) is 0 Å². The summed E-state index contributed by atoms with van der Waals surface area (Å²) in [5.41, 5.74) is 8.19. The highest BCUT2D eigenvalue weighted by Gasteiger charge is 2.12. The smallest absolute Gasteiger partial charge is 0.339 e. The van der Waals surface area contributed by atoms with Crippen LogP contribution in [0.5, 0.6) is 5.75 Å². The van der Waals surface area contributed by atoms with Crippen LogP contribution < -0.4 is 10.5 Å². The highest BCUT2D eigenvalue weighted by Crippen LogP contribution is 2.23. The number of carbonyl (C=O) groups is 1. The highest BCUT2D eigenvalue weighted by atomic mass is 16.5. The molecule has 0 heterocycles. The van der Waals surface area contributed by atoms with Gasteiger partial charge in [0.05, 0.1) is 0 Å². The second-order valence-corrected chi connectivity index (χ2v) is 4.28. The minimum absolute atomic E-state index is 0.0774. The van der Waals surface area contributed by atoms with Crippen molar-refractivity contribution in [3.8, 4) is 5.75 Å². The summed E-state index contributed by atoms with van der Waals surface area (Å²) in [7, 11) is 0. The Morgan fingerprint density at radius 3 is 2.68 bits per heavy atom. The first kappa shape index (κ1) is 13.0. The maximum atomic E-state index is 11.1. The predicted octanol–water partition coefficient (Wildman–Crippen LogP) is 2.85. The average molecular weight is 257 g/mol. The van der Waals surface area contributed by atoms with Crippen molar-refractivity contribution in [3.05, 3.63) is 59.2 Å². The van der Waals surface area contributed by atoms with E-state index >= 15 is 0 Å². The van der Waals surface area contributed by atoms with Crippen LogP contribution in [0.25, 0.3) is 0 Å². The van der Waals surface area contributed by atoms with E-state index in [1.54, 1.807) is 12.1 Å². The quantitative estimate of drug-likeness (QED) is 0.826. The van der Waals surface area contributed by atoms with Gasteiger partial charge in [-0.3, -0.25) is 0 Å². The van der Waals surface area contributed by atoms with Crippen molar-refractivity contribution in [2.24, 2.45) is 0 Å². The third kappa shape index (κ3) is 3.04. The molecular weight excluding hydrogens is 242 g/mol. The number of ether oxygens (including phenoxy) is 1. The Morgan fingerprint density at radius 1 is 1.26 bits per heavy atom. The van der Waals surface area contributed by atoms with Gasteiger partial charge in [-0.15, -0.1) is 0 Å². The minimum Gasteiger partial charge on any atom is -0.488 e. The topological polar surface area (TPSA) is 72.5 Å². The lowest BCUT2D eigenvalue weighted by molar-refractivity contribution is 0.0692. The van der Waals surface area contributed by atoms with E-state index in [0.29, 0.717) is 18.0 Å². The fourth-order valence-electron chi connectivity index (χ4n) is 1.77. The van der Waals surface area contributed by atoms with Crippen molar-refractivity contribution in [3.63, 3.8) is 0 Å². The number of aryl methyl sites for hydroxylation is 1. The zero-order chi connectivity index (χ0) is 13.8. The lowest BCUT2D eigenvalue weighted by Gasteiger charge is -2.11. The molecule has 2 rings (SSSR count). The first-order valence-electron chi connectivity index (χ1n) is 5.88. The maximum absolute atomic E-state index is 11.1. The number of benzene rings is 2. The summed E-state index contributed by atoms with van der Waals surface area (Å²) < 4.78 is 5.58. The van der Waals surface area contributed by atoms with Gasteiger partial charge in [-0.25, -0.2) is 4.79 Å². The molecule has 2 aromatic carbocycles. The van der Waals surface area contributed by atoms with Crippen molar-refractivity contribution in [1.29, 1.82) is 0 Å².